The quantitative estimate of drug-likeness (QED) is 0.424. The summed E-state index contributed by atoms with van der Waals surface area (Å²) in [6.45, 7) is 3.48. The predicted octanol–water partition coefficient (Wildman–Crippen LogP) is 0.768. The van der Waals surface area contributed by atoms with E-state index >= 15 is 0 Å². The normalized spacial score (nSPS) is 14.0. The van der Waals surface area contributed by atoms with Gasteiger partial charge in [0, 0.05) is 26.1 Å². The Morgan fingerprint density at radius 3 is 2.78 bits per heavy atom. The van der Waals surface area contributed by atoms with Gasteiger partial charge in [-0.1, -0.05) is 6.07 Å². The maximum Gasteiger partial charge on any atom is 0.313 e. The summed E-state index contributed by atoms with van der Waals surface area (Å²) in [6, 6.07) is 4.74. The highest BCUT2D eigenvalue weighted by molar-refractivity contribution is 6.39. The Kier molecular flexibility index (Phi) is 5.56. The fraction of sp³-hybridized carbons (Fsp3) is 0.438. The number of nitrogens with zero attached hydrogens (tertiary/aromatic N) is 1. The van der Waals surface area contributed by atoms with Crippen LogP contribution >= 0.6 is 0 Å². The minimum atomic E-state index is -0.830. The lowest BCUT2D eigenvalue weighted by atomic mass is 10.2. The number of aromatic hydroxyl groups is 1. The van der Waals surface area contributed by atoms with Gasteiger partial charge >= 0.3 is 11.8 Å². The van der Waals surface area contributed by atoms with Gasteiger partial charge in [-0.15, -0.1) is 0 Å². The lowest BCUT2D eigenvalue weighted by Crippen LogP contribution is -2.37. The second-order valence-electron chi connectivity index (χ2n) is 5.57. The van der Waals surface area contributed by atoms with E-state index in [1.165, 1.54) is 6.07 Å². The van der Waals surface area contributed by atoms with Crippen molar-refractivity contribution >= 4 is 23.4 Å². The Hall–Kier alpha value is -2.57. The number of phenols is 1. The Morgan fingerprint density at radius 2 is 2.09 bits per heavy atom. The molecule has 0 saturated carbocycles. The van der Waals surface area contributed by atoms with Crippen molar-refractivity contribution in [2.45, 2.75) is 26.2 Å². The zero-order chi connectivity index (χ0) is 16.8. The predicted molar refractivity (Wildman–Crippen MR) is 84.9 cm³/mol. The zero-order valence-corrected chi connectivity index (χ0v) is 13.1. The summed E-state index contributed by atoms with van der Waals surface area (Å²) in [5, 5.41) is 14.5. The van der Waals surface area contributed by atoms with E-state index in [9.17, 15) is 19.5 Å². The molecule has 1 saturated heterocycles. The first-order valence-corrected chi connectivity index (χ1v) is 7.64. The Morgan fingerprint density at radius 1 is 1.30 bits per heavy atom. The summed E-state index contributed by atoms with van der Waals surface area (Å²) in [6.07, 6.45) is 2.07. The third-order valence-electron chi connectivity index (χ3n) is 3.67. The van der Waals surface area contributed by atoms with Crippen molar-refractivity contribution in [2.24, 2.45) is 0 Å². The number of amides is 3. The first kappa shape index (κ1) is 16.8. The van der Waals surface area contributed by atoms with Gasteiger partial charge in [-0.25, -0.2) is 0 Å². The summed E-state index contributed by atoms with van der Waals surface area (Å²) in [4.78, 5) is 36.7. The van der Waals surface area contributed by atoms with Crippen LogP contribution in [0.2, 0.25) is 0 Å². The number of phenolic OH excluding ortho intramolecular Hbond substituents is 1. The second-order valence-corrected chi connectivity index (χ2v) is 5.57. The van der Waals surface area contributed by atoms with Gasteiger partial charge in [-0.3, -0.25) is 14.4 Å². The summed E-state index contributed by atoms with van der Waals surface area (Å²) >= 11 is 0. The highest BCUT2D eigenvalue weighted by atomic mass is 16.3. The maximum absolute atomic E-state index is 11.8. The molecular formula is C16H21N3O4. The smallest absolute Gasteiger partial charge is 0.313 e. The van der Waals surface area contributed by atoms with Gasteiger partial charge in [0.05, 0.1) is 5.69 Å². The fourth-order valence-corrected chi connectivity index (χ4v) is 2.42. The van der Waals surface area contributed by atoms with E-state index in [-0.39, 0.29) is 17.3 Å². The van der Waals surface area contributed by atoms with Crippen LogP contribution in [0, 0.1) is 6.92 Å². The second kappa shape index (κ2) is 7.62. The van der Waals surface area contributed by atoms with Gasteiger partial charge in [0.1, 0.15) is 5.75 Å². The maximum atomic E-state index is 11.8. The number of carbonyl (C=O) groups excluding carboxylic acids is 3. The molecule has 0 spiro atoms. The van der Waals surface area contributed by atoms with Crippen LogP contribution in [0.4, 0.5) is 5.69 Å². The standard InChI is InChI=1S/C16H21N3O4/c1-11-5-6-13(20)12(10-11)18-16(23)15(22)17-7-3-9-19-8-2-4-14(19)21/h5-6,10,20H,2-4,7-9H2,1H3,(H,17,22)(H,18,23). The molecule has 0 aliphatic carbocycles. The highest BCUT2D eigenvalue weighted by Gasteiger charge is 2.19. The van der Waals surface area contributed by atoms with Crippen LogP contribution in [0.5, 0.6) is 5.75 Å². The third kappa shape index (κ3) is 4.70. The first-order chi connectivity index (χ1) is 11.0. The molecule has 124 valence electrons. The minimum absolute atomic E-state index is 0.0932. The minimum Gasteiger partial charge on any atom is -0.506 e. The molecule has 2 rings (SSSR count). The molecule has 1 fully saturated rings. The Labute approximate surface area is 134 Å². The molecule has 1 aliphatic heterocycles. The summed E-state index contributed by atoms with van der Waals surface area (Å²) in [7, 11) is 0. The van der Waals surface area contributed by atoms with Crippen LogP contribution in [-0.4, -0.2) is 47.4 Å². The van der Waals surface area contributed by atoms with E-state index < -0.39 is 11.8 Å². The van der Waals surface area contributed by atoms with E-state index in [1.807, 2.05) is 6.92 Å². The molecule has 1 heterocycles. The van der Waals surface area contributed by atoms with Crippen molar-refractivity contribution in [3.63, 3.8) is 0 Å². The van der Waals surface area contributed by atoms with Gasteiger partial charge in [-0.05, 0) is 37.5 Å². The van der Waals surface area contributed by atoms with Crippen molar-refractivity contribution in [3.8, 4) is 5.75 Å². The van der Waals surface area contributed by atoms with E-state index in [2.05, 4.69) is 10.6 Å². The van der Waals surface area contributed by atoms with Crippen molar-refractivity contribution in [3.05, 3.63) is 23.8 Å². The average Bonchev–Trinajstić information content (AvgIpc) is 2.92. The van der Waals surface area contributed by atoms with E-state index in [4.69, 9.17) is 0 Å². The topological polar surface area (TPSA) is 98.7 Å². The van der Waals surface area contributed by atoms with Gasteiger partial charge in [-0.2, -0.15) is 0 Å². The lowest BCUT2D eigenvalue weighted by Gasteiger charge is -2.15. The van der Waals surface area contributed by atoms with Crippen molar-refractivity contribution in [1.82, 2.24) is 10.2 Å². The van der Waals surface area contributed by atoms with Crippen LogP contribution in [0.25, 0.3) is 0 Å². The SMILES string of the molecule is Cc1ccc(O)c(NC(=O)C(=O)NCCCN2CCCC2=O)c1. The van der Waals surface area contributed by atoms with Gasteiger partial charge in [0.2, 0.25) is 5.91 Å². The number of hydrogen-bond donors (Lipinski definition) is 3. The molecule has 3 N–H and O–H groups in total. The zero-order valence-electron chi connectivity index (χ0n) is 13.1. The van der Waals surface area contributed by atoms with Crippen LogP contribution in [0.15, 0.2) is 18.2 Å². The Bertz CT molecular complexity index is 615. The number of aryl methyl sites for hydroxylation is 1. The number of hydrogen-bond acceptors (Lipinski definition) is 4. The molecular weight excluding hydrogens is 298 g/mol. The summed E-state index contributed by atoms with van der Waals surface area (Å²) in [5.74, 6) is -1.55. The Balaban J connectivity index is 1.73. The van der Waals surface area contributed by atoms with E-state index in [0.717, 1.165) is 18.5 Å². The molecule has 0 unspecified atom stereocenters. The molecule has 23 heavy (non-hydrogen) atoms. The van der Waals surface area contributed by atoms with Crippen molar-refractivity contribution in [1.29, 1.82) is 0 Å². The molecule has 1 aliphatic rings. The highest BCUT2D eigenvalue weighted by Crippen LogP contribution is 2.23. The molecule has 7 nitrogen and oxygen atoms in total. The molecule has 3 amide bonds. The third-order valence-corrected chi connectivity index (χ3v) is 3.67. The van der Waals surface area contributed by atoms with E-state index in [0.29, 0.717) is 25.9 Å². The summed E-state index contributed by atoms with van der Waals surface area (Å²) in [5.41, 5.74) is 1.06. The van der Waals surface area contributed by atoms with Gasteiger partial charge in [0.25, 0.3) is 0 Å². The number of rotatable bonds is 5. The number of carbonyl (C=O) groups is 3. The lowest BCUT2D eigenvalue weighted by molar-refractivity contribution is -0.136. The molecule has 7 heteroatoms. The number of anilines is 1. The monoisotopic (exact) mass is 319 g/mol. The molecule has 1 aromatic rings. The first-order valence-electron chi connectivity index (χ1n) is 7.64. The molecule has 1 aromatic carbocycles. The molecule has 0 atom stereocenters. The number of likely N-dealkylation sites (tertiary alicyclic amines) is 1. The van der Waals surface area contributed by atoms with Crippen LogP contribution in [0.1, 0.15) is 24.8 Å². The van der Waals surface area contributed by atoms with Gasteiger partial charge in [0.15, 0.2) is 0 Å². The van der Waals surface area contributed by atoms with Crippen molar-refractivity contribution in [2.75, 3.05) is 25.0 Å². The number of nitrogens with one attached hydrogen (secondary N) is 2. The largest absolute Gasteiger partial charge is 0.506 e. The van der Waals surface area contributed by atoms with Crippen molar-refractivity contribution < 1.29 is 19.5 Å². The molecule has 0 radical (unpaired) electrons. The van der Waals surface area contributed by atoms with Crippen LogP contribution in [0.3, 0.4) is 0 Å². The van der Waals surface area contributed by atoms with E-state index in [1.54, 1.807) is 17.0 Å². The van der Waals surface area contributed by atoms with Crippen LogP contribution in [-0.2, 0) is 14.4 Å². The fourth-order valence-electron chi connectivity index (χ4n) is 2.42. The molecule has 0 aromatic heterocycles. The number of benzene rings is 1. The molecule has 0 bridgehead atoms. The van der Waals surface area contributed by atoms with Crippen LogP contribution < -0.4 is 10.6 Å². The summed E-state index contributed by atoms with van der Waals surface area (Å²) < 4.78 is 0. The average molecular weight is 319 g/mol. The van der Waals surface area contributed by atoms with Gasteiger partial charge < -0.3 is 20.6 Å².